The van der Waals surface area contributed by atoms with Gasteiger partial charge in [-0.25, -0.2) is 8.78 Å². The van der Waals surface area contributed by atoms with E-state index in [0.29, 0.717) is 12.0 Å². The fourth-order valence-corrected chi connectivity index (χ4v) is 2.75. The molecule has 0 bridgehead atoms. The zero-order valence-electron chi connectivity index (χ0n) is 9.34. The highest BCUT2D eigenvalue weighted by Crippen LogP contribution is 2.31. The van der Waals surface area contributed by atoms with Crippen molar-refractivity contribution >= 4 is 27.5 Å². The molecule has 18 heavy (non-hydrogen) atoms. The molecule has 1 atom stereocenters. The maximum absolute atomic E-state index is 13.2. The Morgan fingerprint density at radius 3 is 2.50 bits per heavy atom. The van der Waals surface area contributed by atoms with Crippen LogP contribution in [0, 0.1) is 11.6 Å². The summed E-state index contributed by atoms with van der Waals surface area (Å²) >= 11 is 9.58. The lowest BCUT2D eigenvalue weighted by Crippen LogP contribution is -1.98. The maximum Gasteiger partial charge on any atom is 0.123 e. The van der Waals surface area contributed by atoms with Gasteiger partial charge in [0.1, 0.15) is 11.6 Å². The van der Waals surface area contributed by atoms with E-state index in [2.05, 4.69) is 15.9 Å². The normalized spacial score (nSPS) is 12.4. The van der Waals surface area contributed by atoms with Crippen LogP contribution in [0.5, 0.6) is 0 Å². The highest BCUT2D eigenvalue weighted by Gasteiger charge is 2.13. The Morgan fingerprint density at radius 2 is 1.78 bits per heavy atom. The van der Waals surface area contributed by atoms with Crippen LogP contribution in [-0.4, -0.2) is 0 Å². The monoisotopic (exact) mass is 330 g/mol. The van der Waals surface area contributed by atoms with Crippen molar-refractivity contribution in [3.05, 3.63) is 69.7 Å². The average Bonchev–Trinajstić information content (AvgIpc) is 2.32. The highest BCUT2D eigenvalue weighted by atomic mass is 79.9. The molecule has 0 radical (unpaired) electrons. The van der Waals surface area contributed by atoms with Crippen LogP contribution in [0.3, 0.4) is 0 Å². The van der Waals surface area contributed by atoms with E-state index in [4.69, 9.17) is 11.6 Å². The fourth-order valence-electron chi connectivity index (χ4n) is 1.74. The lowest BCUT2D eigenvalue weighted by atomic mass is 10.0. The predicted molar refractivity (Wildman–Crippen MR) is 72.8 cm³/mol. The summed E-state index contributed by atoms with van der Waals surface area (Å²) < 4.78 is 27.0. The SMILES string of the molecule is Fc1cccc(CC(Cl)c2cc(F)ccc2Br)c1. The summed E-state index contributed by atoms with van der Waals surface area (Å²) in [4.78, 5) is 0. The molecule has 0 nitrogen and oxygen atoms in total. The van der Waals surface area contributed by atoms with E-state index in [-0.39, 0.29) is 11.6 Å². The minimum Gasteiger partial charge on any atom is -0.207 e. The van der Waals surface area contributed by atoms with E-state index < -0.39 is 5.38 Å². The second-order valence-corrected chi connectivity index (χ2v) is 5.35. The third-order valence-electron chi connectivity index (χ3n) is 2.60. The molecule has 1 unspecified atom stereocenters. The summed E-state index contributed by atoms with van der Waals surface area (Å²) in [5, 5.41) is -0.406. The molecule has 0 aliphatic rings. The van der Waals surface area contributed by atoms with Crippen molar-refractivity contribution in [3.8, 4) is 0 Å². The second-order valence-electron chi connectivity index (χ2n) is 3.97. The van der Waals surface area contributed by atoms with Gasteiger partial charge in [-0.3, -0.25) is 0 Å². The van der Waals surface area contributed by atoms with Crippen LogP contribution in [0.2, 0.25) is 0 Å². The summed E-state index contributed by atoms with van der Waals surface area (Å²) in [6.45, 7) is 0. The molecule has 0 aliphatic carbocycles. The van der Waals surface area contributed by atoms with E-state index >= 15 is 0 Å². The summed E-state index contributed by atoms with van der Waals surface area (Å²) in [5.74, 6) is -0.632. The van der Waals surface area contributed by atoms with E-state index in [1.165, 1.54) is 24.3 Å². The molecule has 0 aromatic heterocycles. The maximum atomic E-state index is 13.2. The van der Waals surface area contributed by atoms with Gasteiger partial charge in [-0.15, -0.1) is 11.6 Å². The number of hydrogen-bond donors (Lipinski definition) is 0. The topological polar surface area (TPSA) is 0 Å². The van der Waals surface area contributed by atoms with Crippen LogP contribution in [0.15, 0.2) is 46.9 Å². The molecular weight excluding hydrogens is 322 g/mol. The zero-order valence-corrected chi connectivity index (χ0v) is 11.7. The molecule has 0 aliphatic heterocycles. The second kappa shape index (κ2) is 5.81. The van der Waals surface area contributed by atoms with Crippen molar-refractivity contribution in [2.45, 2.75) is 11.8 Å². The Balaban J connectivity index is 2.21. The Labute approximate surface area is 118 Å². The highest BCUT2D eigenvalue weighted by molar-refractivity contribution is 9.10. The van der Waals surface area contributed by atoms with Gasteiger partial charge in [0.25, 0.3) is 0 Å². The number of benzene rings is 2. The molecule has 0 heterocycles. The van der Waals surface area contributed by atoms with Gasteiger partial charge < -0.3 is 0 Å². The van der Waals surface area contributed by atoms with Gasteiger partial charge in [0.2, 0.25) is 0 Å². The van der Waals surface area contributed by atoms with E-state index in [0.717, 1.165) is 10.0 Å². The number of halogens is 4. The van der Waals surface area contributed by atoms with Crippen molar-refractivity contribution in [1.82, 2.24) is 0 Å². The third kappa shape index (κ3) is 3.30. The van der Waals surface area contributed by atoms with Crippen LogP contribution < -0.4 is 0 Å². The van der Waals surface area contributed by atoms with Gasteiger partial charge in [-0.1, -0.05) is 28.1 Å². The molecule has 2 aromatic rings. The van der Waals surface area contributed by atoms with Gasteiger partial charge in [0, 0.05) is 4.47 Å². The van der Waals surface area contributed by atoms with E-state index in [1.807, 2.05) is 0 Å². The van der Waals surface area contributed by atoms with Gasteiger partial charge in [0.05, 0.1) is 5.38 Å². The fraction of sp³-hybridized carbons (Fsp3) is 0.143. The van der Waals surface area contributed by atoms with Gasteiger partial charge in [0.15, 0.2) is 0 Å². The summed E-state index contributed by atoms with van der Waals surface area (Å²) in [6.07, 6.45) is 0.446. The van der Waals surface area contributed by atoms with Crippen LogP contribution >= 0.6 is 27.5 Å². The molecule has 0 saturated heterocycles. The molecule has 4 heteroatoms. The standard InChI is InChI=1S/C14H10BrClF2/c15-13-5-4-11(18)8-12(13)14(16)7-9-2-1-3-10(17)6-9/h1-6,8,14H,7H2. The Kier molecular flexibility index (Phi) is 4.36. The third-order valence-corrected chi connectivity index (χ3v) is 3.71. The molecule has 0 fully saturated rings. The number of alkyl halides is 1. The summed E-state index contributed by atoms with van der Waals surface area (Å²) in [7, 11) is 0. The molecule has 0 amide bonds. The van der Waals surface area contributed by atoms with Crippen molar-refractivity contribution in [2.75, 3.05) is 0 Å². The molecule has 0 spiro atoms. The Bertz CT molecular complexity index is 557. The predicted octanol–water partition coefficient (Wildman–Crippen LogP) is 5.25. The first-order chi connectivity index (χ1) is 8.56. The Morgan fingerprint density at radius 1 is 1.06 bits per heavy atom. The van der Waals surface area contributed by atoms with Crippen molar-refractivity contribution in [1.29, 1.82) is 0 Å². The van der Waals surface area contributed by atoms with Gasteiger partial charge in [-0.2, -0.15) is 0 Å². The quantitative estimate of drug-likeness (QED) is 0.674. The molecule has 0 saturated carbocycles. The van der Waals surface area contributed by atoms with Gasteiger partial charge in [-0.05, 0) is 47.9 Å². The number of rotatable bonds is 3. The summed E-state index contributed by atoms with van der Waals surface area (Å²) in [5.41, 5.74) is 1.45. The van der Waals surface area contributed by atoms with Gasteiger partial charge >= 0.3 is 0 Å². The molecule has 2 rings (SSSR count). The van der Waals surface area contributed by atoms with Crippen LogP contribution in [0.1, 0.15) is 16.5 Å². The minimum absolute atomic E-state index is 0.297. The van der Waals surface area contributed by atoms with Crippen LogP contribution in [0.25, 0.3) is 0 Å². The number of hydrogen-bond acceptors (Lipinski definition) is 0. The van der Waals surface area contributed by atoms with Crippen molar-refractivity contribution in [3.63, 3.8) is 0 Å². The van der Waals surface area contributed by atoms with Crippen LogP contribution in [0.4, 0.5) is 8.78 Å². The first kappa shape index (κ1) is 13.5. The Hall–Kier alpha value is -0.930. The largest absolute Gasteiger partial charge is 0.207 e. The smallest absolute Gasteiger partial charge is 0.123 e. The van der Waals surface area contributed by atoms with E-state index in [9.17, 15) is 8.78 Å². The zero-order chi connectivity index (χ0) is 13.1. The lowest BCUT2D eigenvalue weighted by molar-refractivity contribution is 0.621. The van der Waals surface area contributed by atoms with Crippen molar-refractivity contribution in [2.24, 2.45) is 0 Å². The van der Waals surface area contributed by atoms with Crippen LogP contribution in [-0.2, 0) is 6.42 Å². The van der Waals surface area contributed by atoms with Crippen molar-refractivity contribution < 1.29 is 8.78 Å². The molecule has 94 valence electrons. The summed E-state index contributed by atoms with van der Waals surface area (Å²) in [6, 6.07) is 10.6. The minimum atomic E-state index is -0.406. The molecule has 0 N–H and O–H groups in total. The average molecular weight is 332 g/mol. The molecular formula is C14H10BrClF2. The lowest BCUT2D eigenvalue weighted by Gasteiger charge is -2.12. The molecule has 2 aromatic carbocycles. The first-order valence-corrected chi connectivity index (χ1v) is 6.62. The van der Waals surface area contributed by atoms with E-state index in [1.54, 1.807) is 18.2 Å². The first-order valence-electron chi connectivity index (χ1n) is 5.40.